The fraction of sp³-hybridized carbons (Fsp3) is 0.412. The quantitative estimate of drug-likeness (QED) is 0.840. The lowest BCUT2D eigenvalue weighted by molar-refractivity contribution is -0.131. The van der Waals surface area contributed by atoms with Crippen LogP contribution in [0.4, 0.5) is 9.18 Å². The lowest BCUT2D eigenvalue weighted by Crippen LogP contribution is -2.40. The van der Waals surface area contributed by atoms with E-state index >= 15 is 0 Å². The van der Waals surface area contributed by atoms with Crippen LogP contribution in [-0.4, -0.2) is 27.0 Å². The molecule has 0 aliphatic carbocycles. The molecule has 1 aliphatic heterocycles. The molecule has 0 spiro atoms. The summed E-state index contributed by atoms with van der Waals surface area (Å²) in [5.41, 5.74) is -0.758. The predicted octanol–water partition coefficient (Wildman–Crippen LogP) is 2.37. The van der Waals surface area contributed by atoms with Crippen LogP contribution < -0.4 is 5.32 Å². The molecule has 1 aromatic heterocycles. The van der Waals surface area contributed by atoms with Gasteiger partial charge in [-0.05, 0) is 30.5 Å². The Morgan fingerprint density at radius 1 is 1.28 bits per heavy atom. The van der Waals surface area contributed by atoms with Gasteiger partial charge < -0.3 is 9.84 Å². The van der Waals surface area contributed by atoms with Crippen molar-refractivity contribution >= 4 is 11.9 Å². The van der Waals surface area contributed by atoms with Crippen LogP contribution in [0.3, 0.4) is 0 Å². The highest BCUT2D eigenvalue weighted by Crippen LogP contribution is 2.29. The second kappa shape index (κ2) is 6.27. The molecular formula is C17H19FN4O3. The Bertz CT molecular complexity index is 802. The molecule has 8 heteroatoms. The molecule has 132 valence electrons. The van der Waals surface area contributed by atoms with E-state index in [1.54, 1.807) is 6.92 Å². The Labute approximate surface area is 144 Å². The zero-order valence-electron chi connectivity index (χ0n) is 14.2. The van der Waals surface area contributed by atoms with Gasteiger partial charge in [-0.15, -0.1) is 0 Å². The molecule has 1 saturated heterocycles. The van der Waals surface area contributed by atoms with Crippen LogP contribution in [0.25, 0.3) is 0 Å². The topological polar surface area (TPSA) is 88.3 Å². The summed E-state index contributed by atoms with van der Waals surface area (Å²) >= 11 is 0. The van der Waals surface area contributed by atoms with Crippen LogP contribution in [0.5, 0.6) is 0 Å². The van der Waals surface area contributed by atoms with Crippen molar-refractivity contribution in [3.8, 4) is 0 Å². The molecule has 1 fully saturated rings. The first-order valence-electron chi connectivity index (χ1n) is 8.01. The number of nitrogens with zero attached hydrogens (tertiary/aromatic N) is 3. The van der Waals surface area contributed by atoms with Crippen LogP contribution in [0.15, 0.2) is 28.8 Å². The van der Waals surface area contributed by atoms with Gasteiger partial charge in [-0.1, -0.05) is 31.1 Å². The van der Waals surface area contributed by atoms with Crippen molar-refractivity contribution in [1.82, 2.24) is 20.4 Å². The van der Waals surface area contributed by atoms with Crippen molar-refractivity contribution in [3.63, 3.8) is 0 Å². The number of carbonyl (C=O) groups excluding carboxylic acids is 2. The third kappa shape index (κ3) is 3.24. The second-order valence-electron chi connectivity index (χ2n) is 6.66. The normalized spacial score (nSPS) is 20.4. The molecule has 1 N–H and O–H groups in total. The second-order valence-corrected chi connectivity index (χ2v) is 6.66. The van der Waals surface area contributed by atoms with E-state index in [-0.39, 0.29) is 12.4 Å². The number of halogens is 1. The van der Waals surface area contributed by atoms with Gasteiger partial charge >= 0.3 is 6.03 Å². The SMILES string of the molecule is CC(C)Cc1noc(CN2C(=O)NC(C)(c3ccc(F)cc3)C2=O)n1. The minimum absolute atomic E-state index is 0.105. The van der Waals surface area contributed by atoms with Gasteiger partial charge in [-0.2, -0.15) is 4.98 Å². The highest BCUT2D eigenvalue weighted by atomic mass is 19.1. The Morgan fingerprint density at radius 2 is 1.96 bits per heavy atom. The Hall–Kier alpha value is -2.77. The van der Waals surface area contributed by atoms with Crippen molar-refractivity contribution < 1.29 is 18.5 Å². The number of aromatic nitrogens is 2. The Kier molecular flexibility index (Phi) is 4.28. The third-order valence-electron chi connectivity index (χ3n) is 4.09. The molecule has 1 unspecified atom stereocenters. The average Bonchev–Trinajstić information content (AvgIpc) is 3.06. The fourth-order valence-corrected chi connectivity index (χ4v) is 2.76. The van der Waals surface area contributed by atoms with Crippen molar-refractivity contribution in [1.29, 1.82) is 0 Å². The number of benzene rings is 1. The lowest BCUT2D eigenvalue weighted by atomic mass is 9.92. The molecule has 3 rings (SSSR count). The fourth-order valence-electron chi connectivity index (χ4n) is 2.76. The first kappa shape index (κ1) is 17.1. The predicted molar refractivity (Wildman–Crippen MR) is 85.7 cm³/mol. The molecule has 1 aromatic carbocycles. The Morgan fingerprint density at radius 3 is 2.60 bits per heavy atom. The summed E-state index contributed by atoms with van der Waals surface area (Å²) in [4.78, 5) is 30.3. The first-order chi connectivity index (χ1) is 11.8. The molecule has 2 heterocycles. The molecule has 0 bridgehead atoms. The smallest absolute Gasteiger partial charge is 0.325 e. The van der Waals surface area contributed by atoms with Crippen LogP contribution >= 0.6 is 0 Å². The van der Waals surface area contributed by atoms with Gasteiger partial charge in [0.1, 0.15) is 17.9 Å². The molecule has 7 nitrogen and oxygen atoms in total. The maximum atomic E-state index is 13.1. The average molecular weight is 346 g/mol. The van der Waals surface area contributed by atoms with Crippen molar-refractivity contribution in [2.24, 2.45) is 5.92 Å². The molecule has 25 heavy (non-hydrogen) atoms. The van der Waals surface area contributed by atoms with E-state index in [2.05, 4.69) is 15.5 Å². The van der Waals surface area contributed by atoms with Crippen molar-refractivity contribution in [2.45, 2.75) is 39.3 Å². The van der Waals surface area contributed by atoms with Crippen LogP contribution in [0.1, 0.15) is 38.0 Å². The highest BCUT2D eigenvalue weighted by molar-refractivity contribution is 6.07. The van der Waals surface area contributed by atoms with Gasteiger partial charge in [0.2, 0.25) is 5.89 Å². The van der Waals surface area contributed by atoms with E-state index in [9.17, 15) is 14.0 Å². The van der Waals surface area contributed by atoms with Gasteiger partial charge in [0.15, 0.2) is 5.82 Å². The monoisotopic (exact) mass is 346 g/mol. The summed E-state index contributed by atoms with van der Waals surface area (Å²) in [6, 6.07) is 4.90. The maximum Gasteiger partial charge on any atom is 0.325 e. The summed E-state index contributed by atoms with van der Waals surface area (Å²) in [7, 11) is 0. The summed E-state index contributed by atoms with van der Waals surface area (Å²) in [6.07, 6.45) is 0.650. The van der Waals surface area contributed by atoms with Crippen LogP contribution in [0, 0.1) is 11.7 Å². The summed E-state index contributed by atoms with van der Waals surface area (Å²) in [5, 5.41) is 6.51. The highest BCUT2D eigenvalue weighted by Gasteiger charge is 2.49. The van der Waals surface area contributed by atoms with Gasteiger partial charge in [0, 0.05) is 6.42 Å². The molecule has 1 aliphatic rings. The number of urea groups is 1. The minimum Gasteiger partial charge on any atom is -0.337 e. The summed E-state index contributed by atoms with van der Waals surface area (Å²) in [6.45, 7) is 5.54. The minimum atomic E-state index is -1.26. The standard InChI is InChI=1S/C17H19FN4O3/c1-10(2)8-13-19-14(25-21-13)9-22-15(23)17(3,20-16(22)24)11-4-6-12(18)7-5-11/h4-7,10H,8-9H2,1-3H3,(H,20,24). The molecule has 3 amide bonds. The van der Waals surface area contributed by atoms with Crippen molar-refractivity contribution in [2.75, 3.05) is 0 Å². The molecule has 0 radical (unpaired) electrons. The summed E-state index contributed by atoms with van der Waals surface area (Å²) < 4.78 is 18.2. The molecule has 0 saturated carbocycles. The zero-order chi connectivity index (χ0) is 18.2. The van der Waals surface area contributed by atoms with E-state index in [1.807, 2.05) is 13.8 Å². The number of hydrogen-bond donors (Lipinski definition) is 1. The lowest BCUT2D eigenvalue weighted by Gasteiger charge is -2.21. The van der Waals surface area contributed by atoms with Crippen LogP contribution in [0.2, 0.25) is 0 Å². The van der Waals surface area contributed by atoms with Gasteiger partial charge in [-0.3, -0.25) is 9.69 Å². The van der Waals surface area contributed by atoms with E-state index in [4.69, 9.17) is 4.52 Å². The number of imide groups is 1. The number of amides is 3. The molecule has 2 aromatic rings. The van der Waals surface area contributed by atoms with Crippen molar-refractivity contribution in [3.05, 3.63) is 47.4 Å². The molecule has 1 atom stereocenters. The van der Waals surface area contributed by atoms with E-state index in [0.29, 0.717) is 23.7 Å². The number of nitrogens with one attached hydrogen (secondary N) is 1. The van der Waals surface area contributed by atoms with Gasteiger partial charge in [0.05, 0.1) is 0 Å². The van der Waals surface area contributed by atoms with Gasteiger partial charge in [0.25, 0.3) is 5.91 Å². The number of rotatable bonds is 5. The number of carbonyl (C=O) groups is 2. The van der Waals surface area contributed by atoms with E-state index in [1.165, 1.54) is 24.3 Å². The van der Waals surface area contributed by atoms with E-state index < -0.39 is 23.3 Å². The zero-order valence-corrected chi connectivity index (χ0v) is 14.2. The van der Waals surface area contributed by atoms with E-state index in [0.717, 1.165) is 4.90 Å². The van der Waals surface area contributed by atoms with Crippen LogP contribution in [-0.2, 0) is 23.3 Å². The molecular weight excluding hydrogens is 327 g/mol. The Balaban J connectivity index is 1.79. The number of hydrogen-bond acceptors (Lipinski definition) is 5. The third-order valence-corrected chi connectivity index (χ3v) is 4.09. The van der Waals surface area contributed by atoms with Gasteiger partial charge in [-0.25, -0.2) is 9.18 Å². The maximum absolute atomic E-state index is 13.1. The first-order valence-corrected chi connectivity index (χ1v) is 8.01. The largest absolute Gasteiger partial charge is 0.337 e. The summed E-state index contributed by atoms with van der Waals surface area (Å²) in [5.74, 6) is 0.238.